The van der Waals surface area contributed by atoms with Crippen molar-refractivity contribution in [2.75, 3.05) is 25.0 Å². The van der Waals surface area contributed by atoms with Crippen LogP contribution in [0.1, 0.15) is 57.1 Å². The fourth-order valence-corrected chi connectivity index (χ4v) is 6.29. The number of benzene rings is 1. The Morgan fingerprint density at radius 3 is 2.58 bits per heavy atom. The number of piperidine rings is 1. The van der Waals surface area contributed by atoms with Gasteiger partial charge in [-0.05, 0) is 49.1 Å². The molecular weight excluding hydrogens is 386 g/mol. The molecule has 1 amide bonds. The zero-order chi connectivity index (χ0) is 21.4. The number of aromatic nitrogens is 1. The van der Waals surface area contributed by atoms with Crippen molar-refractivity contribution in [3.63, 3.8) is 0 Å². The van der Waals surface area contributed by atoms with Gasteiger partial charge >= 0.3 is 0 Å². The van der Waals surface area contributed by atoms with Crippen LogP contribution in [0.5, 0.6) is 0 Å². The third kappa shape index (κ3) is 4.33. The number of anilines is 1. The van der Waals surface area contributed by atoms with E-state index >= 15 is 0 Å². The normalized spacial score (nSPS) is 25.6. The summed E-state index contributed by atoms with van der Waals surface area (Å²) in [4.78, 5) is 26.4. The number of amides is 1. The maximum atomic E-state index is 13.4. The zero-order valence-electron chi connectivity index (χ0n) is 18.5. The summed E-state index contributed by atoms with van der Waals surface area (Å²) >= 11 is 0. The van der Waals surface area contributed by atoms with Gasteiger partial charge in [0.25, 0.3) is 5.56 Å². The second-order valence-corrected chi connectivity index (χ2v) is 10.0. The minimum atomic E-state index is -0.0900. The first kappa shape index (κ1) is 20.5. The van der Waals surface area contributed by atoms with Gasteiger partial charge in [-0.25, -0.2) is 0 Å². The summed E-state index contributed by atoms with van der Waals surface area (Å²) in [5.74, 6) is 1.94. The number of hydrogen-bond donors (Lipinski definition) is 2. The van der Waals surface area contributed by atoms with Gasteiger partial charge in [-0.3, -0.25) is 9.59 Å². The van der Waals surface area contributed by atoms with Crippen molar-refractivity contribution in [2.24, 2.45) is 11.8 Å². The molecule has 5 nitrogen and oxygen atoms in total. The molecule has 1 saturated heterocycles. The number of likely N-dealkylation sites (tertiary alicyclic amines) is 1. The lowest BCUT2D eigenvalue weighted by Crippen LogP contribution is -3.15. The molecule has 164 valence electrons. The molecule has 1 aromatic carbocycles. The van der Waals surface area contributed by atoms with Gasteiger partial charge < -0.3 is 14.8 Å². The highest BCUT2D eigenvalue weighted by molar-refractivity contribution is 5.88. The Hall–Kier alpha value is -2.40. The first-order chi connectivity index (χ1) is 15.1. The number of rotatable bonds is 4. The molecular formula is C26H34N3O2+. The van der Waals surface area contributed by atoms with E-state index in [0.29, 0.717) is 11.8 Å². The van der Waals surface area contributed by atoms with Crippen molar-refractivity contribution < 1.29 is 9.69 Å². The highest BCUT2D eigenvalue weighted by atomic mass is 16.1. The number of nitrogens with zero attached hydrogens (tertiary/aromatic N) is 1. The van der Waals surface area contributed by atoms with Gasteiger partial charge in [-0.2, -0.15) is 0 Å². The summed E-state index contributed by atoms with van der Waals surface area (Å²) in [6, 6.07) is 11.8. The van der Waals surface area contributed by atoms with Crippen LogP contribution in [-0.4, -0.2) is 30.1 Å². The minimum absolute atomic E-state index is 0.0900. The average molecular weight is 421 g/mol. The molecule has 1 aliphatic carbocycles. The number of carbonyl (C=O) groups is 1. The fraction of sp³-hybridized carbons (Fsp3) is 0.538. The predicted molar refractivity (Wildman–Crippen MR) is 123 cm³/mol. The number of fused-ring (bicyclic) bond motifs is 4. The van der Waals surface area contributed by atoms with Gasteiger partial charge in [0.05, 0.1) is 19.6 Å². The predicted octanol–water partition coefficient (Wildman–Crippen LogP) is 3.06. The van der Waals surface area contributed by atoms with Crippen LogP contribution >= 0.6 is 0 Å². The third-order valence-corrected chi connectivity index (χ3v) is 7.62. The summed E-state index contributed by atoms with van der Waals surface area (Å²) in [5.41, 5.74) is 3.79. The second-order valence-electron chi connectivity index (χ2n) is 10.0. The molecule has 2 N–H and O–H groups in total. The van der Waals surface area contributed by atoms with Crippen LogP contribution in [0.15, 0.2) is 41.2 Å². The third-order valence-electron chi connectivity index (χ3n) is 7.62. The molecule has 0 radical (unpaired) electrons. The molecule has 3 heterocycles. The van der Waals surface area contributed by atoms with Crippen LogP contribution in [0.2, 0.25) is 0 Å². The quantitative estimate of drug-likeness (QED) is 0.799. The first-order valence-electron chi connectivity index (χ1n) is 12.0. The lowest BCUT2D eigenvalue weighted by Gasteiger charge is -2.41. The molecule has 5 rings (SSSR count). The van der Waals surface area contributed by atoms with Gasteiger partial charge in [0, 0.05) is 48.2 Å². The number of pyridine rings is 1. The standard InChI is InChI=1S/C26H33N3O2/c1-18(30)27-23-9-7-21(8-10-23)24-11-12-25-22-13-20(16-29(25)26(24)31)15-28(17-22)14-19-5-3-2-4-6-19/h7-12,19-20,22H,2-6,13-17H2,1H3,(H,27,30)/p+1/t20-,22+/m0/s1. The van der Waals surface area contributed by atoms with Crippen LogP contribution in [0.25, 0.3) is 11.1 Å². The van der Waals surface area contributed by atoms with E-state index in [1.807, 2.05) is 30.3 Å². The minimum Gasteiger partial charge on any atom is -0.334 e. The molecule has 0 spiro atoms. The number of hydrogen-bond acceptors (Lipinski definition) is 2. The molecule has 1 aromatic heterocycles. The Kier molecular flexibility index (Phi) is 5.70. The first-order valence-corrected chi connectivity index (χ1v) is 12.0. The largest absolute Gasteiger partial charge is 0.334 e. The lowest BCUT2D eigenvalue weighted by atomic mass is 9.81. The average Bonchev–Trinajstić information content (AvgIpc) is 2.76. The van der Waals surface area contributed by atoms with E-state index in [9.17, 15) is 9.59 Å². The Balaban J connectivity index is 1.35. The molecule has 1 saturated carbocycles. The van der Waals surface area contributed by atoms with Gasteiger partial charge in [0.1, 0.15) is 0 Å². The van der Waals surface area contributed by atoms with Crippen molar-refractivity contribution in [3.8, 4) is 11.1 Å². The molecule has 5 heteroatoms. The van der Waals surface area contributed by atoms with Crippen LogP contribution in [-0.2, 0) is 11.3 Å². The van der Waals surface area contributed by atoms with Crippen LogP contribution in [0.3, 0.4) is 0 Å². The molecule has 3 aliphatic rings. The van der Waals surface area contributed by atoms with Crippen LogP contribution < -0.4 is 15.8 Å². The van der Waals surface area contributed by atoms with E-state index in [4.69, 9.17) is 0 Å². The number of nitrogens with one attached hydrogen (secondary N) is 2. The van der Waals surface area contributed by atoms with E-state index in [1.165, 1.54) is 70.8 Å². The van der Waals surface area contributed by atoms with Crippen molar-refractivity contribution in [2.45, 2.75) is 57.9 Å². The summed E-state index contributed by atoms with van der Waals surface area (Å²) < 4.78 is 2.06. The Bertz CT molecular complexity index is 1000. The van der Waals surface area contributed by atoms with E-state index in [1.54, 1.807) is 4.90 Å². The molecule has 3 atom stereocenters. The van der Waals surface area contributed by atoms with Gasteiger partial charge in [0.15, 0.2) is 0 Å². The zero-order valence-corrected chi connectivity index (χ0v) is 18.5. The molecule has 2 aliphatic heterocycles. The molecule has 31 heavy (non-hydrogen) atoms. The smallest absolute Gasteiger partial charge is 0.258 e. The Morgan fingerprint density at radius 2 is 1.84 bits per heavy atom. The molecule has 2 bridgehead atoms. The molecule has 2 aromatic rings. The fourth-order valence-electron chi connectivity index (χ4n) is 6.29. The summed E-state index contributed by atoms with van der Waals surface area (Å²) in [6.07, 6.45) is 8.32. The van der Waals surface area contributed by atoms with Gasteiger partial charge in [0.2, 0.25) is 5.91 Å². The van der Waals surface area contributed by atoms with Crippen molar-refractivity contribution >= 4 is 11.6 Å². The van der Waals surface area contributed by atoms with Gasteiger partial charge in [-0.15, -0.1) is 0 Å². The van der Waals surface area contributed by atoms with Crippen molar-refractivity contribution in [1.82, 2.24) is 4.57 Å². The number of carbonyl (C=O) groups excluding carboxylic acids is 1. The molecule has 1 unspecified atom stereocenters. The lowest BCUT2D eigenvalue weighted by molar-refractivity contribution is -0.914. The highest BCUT2D eigenvalue weighted by Crippen LogP contribution is 2.32. The SMILES string of the molecule is CC(=O)Nc1ccc(-c2ccc3n(c2=O)C[C@H]2C[C@@H]3C[NH+](CC3CCCCC3)C2)cc1. The van der Waals surface area contributed by atoms with E-state index in [2.05, 4.69) is 16.0 Å². The second kappa shape index (κ2) is 8.62. The van der Waals surface area contributed by atoms with Crippen LogP contribution in [0, 0.1) is 11.8 Å². The number of quaternary nitrogens is 1. The maximum Gasteiger partial charge on any atom is 0.258 e. The maximum absolute atomic E-state index is 13.4. The van der Waals surface area contributed by atoms with E-state index in [-0.39, 0.29) is 11.5 Å². The van der Waals surface area contributed by atoms with E-state index < -0.39 is 0 Å². The Labute approximate surface area is 184 Å². The van der Waals surface area contributed by atoms with Crippen LogP contribution in [0.4, 0.5) is 5.69 Å². The summed E-state index contributed by atoms with van der Waals surface area (Å²) in [7, 11) is 0. The van der Waals surface area contributed by atoms with E-state index in [0.717, 1.165) is 29.3 Å². The van der Waals surface area contributed by atoms with Gasteiger partial charge in [-0.1, -0.05) is 31.4 Å². The molecule has 2 fully saturated rings. The van der Waals surface area contributed by atoms with Crippen molar-refractivity contribution in [1.29, 1.82) is 0 Å². The summed E-state index contributed by atoms with van der Waals surface area (Å²) in [6.45, 7) is 6.08. The monoisotopic (exact) mass is 420 g/mol. The topological polar surface area (TPSA) is 55.5 Å². The highest BCUT2D eigenvalue weighted by Gasteiger charge is 2.38. The summed E-state index contributed by atoms with van der Waals surface area (Å²) in [5, 5.41) is 2.78. The van der Waals surface area contributed by atoms with Crippen molar-refractivity contribution in [3.05, 3.63) is 52.4 Å². The Morgan fingerprint density at radius 1 is 1.06 bits per heavy atom.